The summed E-state index contributed by atoms with van der Waals surface area (Å²) in [7, 11) is 0. The first-order valence-electron chi connectivity index (χ1n) is 4.89. The average molecular weight is 190 g/mol. The lowest BCUT2D eigenvalue weighted by atomic mass is 10.2. The predicted octanol–water partition coefficient (Wildman–Crippen LogP) is 1.01. The summed E-state index contributed by atoms with van der Waals surface area (Å²) in [6.07, 6.45) is 6.83. The molecule has 0 atom stereocenters. The largest absolute Gasteiger partial charge is 0.330 e. The number of nitrogens with zero attached hydrogens (tertiary/aromatic N) is 3. The zero-order chi connectivity index (χ0) is 9.80. The smallest absolute Gasteiger partial charge is 0.155 e. The lowest BCUT2D eigenvalue weighted by molar-refractivity contribution is 0.724. The number of hydrogen-bond donors (Lipinski definition) is 1. The second-order valence-electron chi connectivity index (χ2n) is 3.30. The molecule has 0 amide bonds. The molecule has 2 heterocycles. The van der Waals surface area contributed by atoms with Crippen molar-refractivity contribution in [3.63, 3.8) is 0 Å². The molecule has 0 bridgehead atoms. The summed E-state index contributed by atoms with van der Waals surface area (Å²) >= 11 is 0. The second-order valence-corrected chi connectivity index (χ2v) is 3.30. The van der Waals surface area contributed by atoms with E-state index < -0.39 is 0 Å². The fourth-order valence-electron chi connectivity index (χ4n) is 1.45. The van der Waals surface area contributed by atoms with Crippen molar-refractivity contribution < 1.29 is 0 Å². The van der Waals surface area contributed by atoms with E-state index in [1.165, 1.54) is 0 Å². The molecule has 0 fully saturated rings. The summed E-state index contributed by atoms with van der Waals surface area (Å²) < 4.78 is 1.80. The Labute approximate surface area is 82.8 Å². The number of nitrogens with two attached hydrogens (primary N) is 1. The molecule has 0 spiro atoms. The highest BCUT2D eigenvalue weighted by molar-refractivity contribution is 5.38. The van der Waals surface area contributed by atoms with E-state index in [9.17, 15) is 0 Å². The minimum absolute atomic E-state index is 0.756. The third kappa shape index (κ3) is 1.90. The molecule has 0 aromatic carbocycles. The van der Waals surface area contributed by atoms with Crippen molar-refractivity contribution in [1.82, 2.24) is 14.6 Å². The molecule has 14 heavy (non-hydrogen) atoms. The first kappa shape index (κ1) is 9.15. The van der Waals surface area contributed by atoms with Gasteiger partial charge in [-0.3, -0.25) is 0 Å². The van der Waals surface area contributed by atoms with Gasteiger partial charge in [0.25, 0.3) is 0 Å². The van der Waals surface area contributed by atoms with Crippen molar-refractivity contribution in [3.05, 3.63) is 30.2 Å². The Kier molecular flexibility index (Phi) is 2.74. The molecule has 74 valence electrons. The summed E-state index contributed by atoms with van der Waals surface area (Å²) in [5.41, 5.74) is 7.44. The van der Waals surface area contributed by atoms with Crippen LogP contribution in [0.4, 0.5) is 0 Å². The minimum Gasteiger partial charge on any atom is -0.330 e. The molecule has 0 aliphatic heterocycles. The molecule has 0 radical (unpaired) electrons. The fourth-order valence-corrected chi connectivity index (χ4v) is 1.45. The zero-order valence-electron chi connectivity index (χ0n) is 8.06. The van der Waals surface area contributed by atoms with Crippen LogP contribution in [-0.4, -0.2) is 21.1 Å². The van der Waals surface area contributed by atoms with Crippen molar-refractivity contribution >= 4 is 5.65 Å². The van der Waals surface area contributed by atoms with Gasteiger partial charge in [0.05, 0.1) is 5.69 Å². The highest BCUT2D eigenvalue weighted by atomic mass is 15.2. The van der Waals surface area contributed by atoms with E-state index in [1.54, 1.807) is 10.7 Å². The summed E-state index contributed by atoms with van der Waals surface area (Å²) in [4.78, 5) is 4.21. The molecule has 0 saturated carbocycles. The molecule has 4 heteroatoms. The van der Waals surface area contributed by atoms with Crippen molar-refractivity contribution in [1.29, 1.82) is 0 Å². The van der Waals surface area contributed by atoms with Crippen LogP contribution in [0.25, 0.3) is 5.65 Å². The monoisotopic (exact) mass is 190 g/mol. The standard InChI is InChI=1S/C10H14N4/c11-5-2-1-4-9-8-10-12-6-3-7-14(10)13-9/h3,6-8H,1-2,4-5,11H2. The Bertz CT molecular complexity index is 374. The maximum atomic E-state index is 5.43. The topological polar surface area (TPSA) is 56.2 Å². The zero-order valence-corrected chi connectivity index (χ0v) is 8.06. The molecule has 0 aliphatic rings. The van der Waals surface area contributed by atoms with E-state index in [0.29, 0.717) is 0 Å². The highest BCUT2D eigenvalue weighted by Gasteiger charge is 2.00. The van der Waals surface area contributed by atoms with Gasteiger partial charge in [0.15, 0.2) is 5.65 Å². The molecule has 0 unspecified atom stereocenters. The van der Waals surface area contributed by atoms with Gasteiger partial charge in [-0.25, -0.2) is 9.50 Å². The van der Waals surface area contributed by atoms with Gasteiger partial charge in [0, 0.05) is 18.5 Å². The molecule has 2 N–H and O–H groups in total. The van der Waals surface area contributed by atoms with Gasteiger partial charge >= 0.3 is 0 Å². The SMILES string of the molecule is NCCCCc1cc2ncccn2n1. The van der Waals surface area contributed by atoms with E-state index in [1.807, 2.05) is 18.3 Å². The maximum Gasteiger partial charge on any atom is 0.155 e. The molecule has 2 rings (SSSR count). The van der Waals surface area contributed by atoms with Gasteiger partial charge < -0.3 is 5.73 Å². The summed E-state index contributed by atoms with van der Waals surface area (Å²) in [6, 6.07) is 3.90. The molecular weight excluding hydrogens is 176 g/mol. The predicted molar refractivity (Wildman–Crippen MR) is 55.0 cm³/mol. The average Bonchev–Trinajstić information content (AvgIpc) is 2.60. The third-order valence-electron chi connectivity index (χ3n) is 2.17. The Morgan fingerprint density at radius 2 is 2.29 bits per heavy atom. The van der Waals surface area contributed by atoms with E-state index in [2.05, 4.69) is 10.1 Å². The van der Waals surface area contributed by atoms with Crippen LogP contribution in [0.15, 0.2) is 24.5 Å². The molecule has 4 nitrogen and oxygen atoms in total. The summed E-state index contributed by atoms with van der Waals surface area (Å²) in [5.74, 6) is 0. The van der Waals surface area contributed by atoms with Gasteiger partial charge in [0.1, 0.15) is 0 Å². The second kappa shape index (κ2) is 4.19. The molecule has 0 aliphatic carbocycles. The van der Waals surface area contributed by atoms with Gasteiger partial charge in [-0.05, 0) is 31.9 Å². The van der Waals surface area contributed by atoms with Gasteiger partial charge in [-0.15, -0.1) is 0 Å². The van der Waals surface area contributed by atoms with Crippen LogP contribution in [-0.2, 0) is 6.42 Å². The van der Waals surface area contributed by atoms with Gasteiger partial charge in [0.2, 0.25) is 0 Å². The van der Waals surface area contributed by atoms with Crippen LogP contribution in [0.5, 0.6) is 0 Å². The Morgan fingerprint density at radius 3 is 3.07 bits per heavy atom. The van der Waals surface area contributed by atoms with Crippen molar-refractivity contribution in [2.24, 2.45) is 5.73 Å². The van der Waals surface area contributed by atoms with Gasteiger partial charge in [-0.2, -0.15) is 5.10 Å². The number of fused-ring (bicyclic) bond motifs is 1. The first-order valence-corrected chi connectivity index (χ1v) is 4.89. The van der Waals surface area contributed by atoms with Crippen LogP contribution in [0.3, 0.4) is 0 Å². The third-order valence-corrected chi connectivity index (χ3v) is 2.17. The first-order chi connectivity index (χ1) is 6.90. The summed E-state index contributed by atoms with van der Waals surface area (Å²) in [6.45, 7) is 0.756. The van der Waals surface area contributed by atoms with E-state index >= 15 is 0 Å². The van der Waals surface area contributed by atoms with E-state index in [0.717, 1.165) is 37.1 Å². The van der Waals surface area contributed by atoms with E-state index in [-0.39, 0.29) is 0 Å². The van der Waals surface area contributed by atoms with Crippen molar-refractivity contribution in [2.75, 3.05) is 6.54 Å². The van der Waals surface area contributed by atoms with Gasteiger partial charge in [-0.1, -0.05) is 0 Å². The Hall–Kier alpha value is -1.42. The van der Waals surface area contributed by atoms with Crippen LogP contribution < -0.4 is 5.73 Å². The van der Waals surface area contributed by atoms with Crippen LogP contribution >= 0.6 is 0 Å². The Morgan fingerprint density at radius 1 is 1.36 bits per heavy atom. The number of rotatable bonds is 4. The van der Waals surface area contributed by atoms with Crippen LogP contribution in [0, 0.1) is 0 Å². The van der Waals surface area contributed by atoms with Crippen molar-refractivity contribution in [3.8, 4) is 0 Å². The Balaban J connectivity index is 2.11. The fraction of sp³-hybridized carbons (Fsp3) is 0.400. The maximum absolute atomic E-state index is 5.43. The highest BCUT2D eigenvalue weighted by Crippen LogP contribution is 2.05. The summed E-state index contributed by atoms with van der Waals surface area (Å²) in [5, 5.41) is 4.40. The number of unbranched alkanes of at least 4 members (excludes halogenated alkanes) is 1. The van der Waals surface area contributed by atoms with Crippen LogP contribution in [0.2, 0.25) is 0 Å². The molecule has 0 saturated heterocycles. The molecular formula is C10H14N4. The van der Waals surface area contributed by atoms with Crippen LogP contribution in [0.1, 0.15) is 18.5 Å². The molecule has 2 aromatic rings. The lowest BCUT2D eigenvalue weighted by Gasteiger charge is -1.93. The number of hydrogen-bond acceptors (Lipinski definition) is 3. The number of aromatic nitrogens is 3. The number of aryl methyl sites for hydroxylation is 1. The quantitative estimate of drug-likeness (QED) is 0.732. The van der Waals surface area contributed by atoms with E-state index in [4.69, 9.17) is 5.73 Å². The minimum atomic E-state index is 0.756. The lowest BCUT2D eigenvalue weighted by Crippen LogP contribution is -1.99. The molecule has 2 aromatic heterocycles. The normalized spacial score (nSPS) is 10.9. The van der Waals surface area contributed by atoms with Crippen molar-refractivity contribution in [2.45, 2.75) is 19.3 Å².